The van der Waals surface area contributed by atoms with E-state index in [9.17, 15) is 4.79 Å². The van der Waals surface area contributed by atoms with Crippen molar-refractivity contribution in [1.82, 2.24) is 0 Å². The second-order valence-electron chi connectivity index (χ2n) is 7.61. The molecular formula is C19H25NOS. The van der Waals surface area contributed by atoms with Crippen LogP contribution in [0.5, 0.6) is 0 Å². The zero-order chi connectivity index (χ0) is 15.2. The van der Waals surface area contributed by atoms with Gasteiger partial charge in [0.2, 0.25) is 5.91 Å². The minimum absolute atomic E-state index is 0.0500. The van der Waals surface area contributed by atoms with Gasteiger partial charge in [-0.2, -0.15) is 0 Å². The summed E-state index contributed by atoms with van der Waals surface area (Å²) in [4.78, 5) is 14.2. The smallest absolute Gasteiger partial charge is 0.230 e. The van der Waals surface area contributed by atoms with Crippen molar-refractivity contribution in [2.24, 2.45) is 23.2 Å². The Balaban J connectivity index is 1.48. The molecule has 2 nitrogen and oxygen atoms in total. The third-order valence-corrected chi connectivity index (χ3v) is 6.84. The highest BCUT2D eigenvalue weighted by atomic mass is 32.2. The van der Waals surface area contributed by atoms with E-state index >= 15 is 0 Å². The maximum atomic E-state index is 13.0. The van der Waals surface area contributed by atoms with E-state index in [1.165, 1.54) is 24.2 Å². The maximum Gasteiger partial charge on any atom is 0.230 e. The largest absolute Gasteiger partial charge is 0.326 e. The second-order valence-corrected chi connectivity index (χ2v) is 8.95. The molecular weight excluding hydrogens is 290 g/mol. The molecule has 0 saturated heterocycles. The van der Waals surface area contributed by atoms with Gasteiger partial charge in [-0.25, -0.2) is 0 Å². The summed E-state index contributed by atoms with van der Waals surface area (Å²) in [5.74, 6) is 3.84. The van der Waals surface area contributed by atoms with Crippen molar-refractivity contribution < 1.29 is 4.79 Å². The van der Waals surface area contributed by atoms with Crippen LogP contribution in [0.2, 0.25) is 0 Å². The lowest BCUT2D eigenvalue weighted by molar-refractivity contribution is -0.140. The summed E-state index contributed by atoms with van der Waals surface area (Å²) in [6.45, 7) is 2.16. The van der Waals surface area contributed by atoms with Gasteiger partial charge in [0, 0.05) is 10.6 Å². The molecule has 0 radical (unpaired) electrons. The average Bonchev–Trinajstić information content (AvgIpc) is 2.48. The number of benzene rings is 1. The van der Waals surface area contributed by atoms with E-state index in [4.69, 9.17) is 0 Å². The molecule has 4 fully saturated rings. The Labute approximate surface area is 137 Å². The van der Waals surface area contributed by atoms with Crippen LogP contribution in [0.25, 0.3) is 0 Å². The lowest BCUT2D eigenvalue weighted by Crippen LogP contribution is -2.51. The van der Waals surface area contributed by atoms with Crippen molar-refractivity contribution in [2.75, 3.05) is 11.1 Å². The van der Waals surface area contributed by atoms with Gasteiger partial charge in [0.1, 0.15) is 0 Å². The van der Waals surface area contributed by atoms with Crippen molar-refractivity contribution in [3.05, 3.63) is 24.3 Å². The highest BCUT2D eigenvalue weighted by Gasteiger charge is 2.54. The molecule has 118 valence electrons. The monoisotopic (exact) mass is 315 g/mol. The van der Waals surface area contributed by atoms with E-state index in [1.807, 2.05) is 11.8 Å². The predicted molar refractivity (Wildman–Crippen MR) is 92.1 cm³/mol. The average molecular weight is 315 g/mol. The number of thioether (sulfide) groups is 1. The molecule has 3 heteroatoms. The first-order valence-electron chi connectivity index (χ1n) is 8.71. The standard InChI is InChI=1S/C19H25NOS/c1-2-22-17-5-3-16(4-6-17)20-18(21)19-10-13-7-14(11-19)9-15(8-13)12-19/h3-6,13-15H,2,7-12H2,1H3,(H,20,21). The summed E-state index contributed by atoms with van der Waals surface area (Å²) >= 11 is 1.84. The van der Waals surface area contributed by atoms with E-state index < -0.39 is 0 Å². The van der Waals surface area contributed by atoms with Crippen LogP contribution in [-0.2, 0) is 4.79 Å². The van der Waals surface area contributed by atoms with Gasteiger partial charge in [0.05, 0.1) is 5.41 Å². The lowest BCUT2D eigenvalue weighted by Gasteiger charge is -2.55. The van der Waals surface area contributed by atoms with Crippen LogP contribution in [0.4, 0.5) is 5.69 Å². The number of hydrogen-bond acceptors (Lipinski definition) is 2. The van der Waals surface area contributed by atoms with Crippen molar-refractivity contribution in [1.29, 1.82) is 0 Å². The Morgan fingerprint density at radius 3 is 2.14 bits per heavy atom. The van der Waals surface area contributed by atoms with Crippen LogP contribution >= 0.6 is 11.8 Å². The van der Waals surface area contributed by atoms with Crippen LogP contribution in [-0.4, -0.2) is 11.7 Å². The van der Waals surface area contributed by atoms with Gasteiger partial charge in [-0.15, -0.1) is 11.8 Å². The first-order valence-corrected chi connectivity index (χ1v) is 9.70. The molecule has 4 aliphatic rings. The van der Waals surface area contributed by atoms with Crippen LogP contribution in [0, 0.1) is 23.2 Å². The Morgan fingerprint density at radius 1 is 1.09 bits per heavy atom. The molecule has 0 unspecified atom stereocenters. The van der Waals surface area contributed by atoms with Gasteiger partial charge in [0.15, 0.2) is 0 Å². The number of anilines is 1. The van der Waals surface area contributed by atoms with Crippen molar-refractivity contribution in [3.63, 3.8) is 0 Å². The number of carbonyl (C=O) groups excluding carboxylic acids is 1. The molecule has 5 rings (SSSR count). The van der Waals surface area contributed by atoms with E-state index in [1.54, 1.807) is 0 Å². The molecule has 4 bridgehead atoms. The Morgan fingerprint density at radius 2 is 1.64 bits per heavy atom. The van der Waals surface area contributed by atoms with Crippen LogP contribution in [0.15, 0.2) is 29.2 Å². The normalized spacial score (nSPS) is 35.6. The Kier molecular flexibility index (Phi) is 3.72. The van der Waals surface area contributed by atoms with E-state index in [-0.39, 0.29) is 5.41 Å². The van der Waals surface area contributed by atoms with E-state index in [2.05, 4.69) is 36.5 Å². The number of hydrogen-bond donors (Lipinski definition) is 1. The van der Waals surface area contributed by atoms with Crippen LogP contribution < -0.4 is 5.32 Å². The minimum atomic E-state index is -0.0500. The number of rotatable bonds is 4. The predicted octanol–water partition coefficient (Wildman–Crippen LogP) is 4.95. The molecule has 0 aliphatic heterocycles. The number of nitrogens with one attached hydrogen (secondary N) is 1. The fraction of sp³-hybridized carbons (Fsp3) is 0.632. The summed E-state index contributed by atoms with van der Waals surface area (Å²) < 4.78 is 0. The highest BCUT2D eigenvalue weighted by molar-refractivity contribution is 7.99. The molecule has 1 amide bonds. The zero-order valence-corrected chi connectivity index (χ0v) is 14.1. The summed E-state index contributed by atoms with van der Waals surface area (Å²) in [7, 11) is 0. The molecule has 1 aromatic carbocycles. The molecule has 0 spiro atoms. The van der Waals surface area contributed by atoms with Gasteiger partial charge in [0.25, 0.3) is 0 Å². The third-order valence-electron chi connectivity index (χ3n) is 5.94. The van der Waals surface area contributed by atoms with Crippen LogP contribution in [0.3, 0.4) is 0 Å². The van der Waals surface area contributed by atoms with Gasteiger partial charge in [-0.05, 0) is 86.3 Å². The Hall–Kier alpha value is -0.960. The summed E-state index contributed by atoms with van der Waals surface area (Å²) in [6.07, 6.45) is 7.55. The Bertz CT molecular complexity index is 530. The third kappa shape index (κ3) is 2.58. The fourth-order valence-electron chi connectivity index (χ4n) is 5.45. The lowest BCUT2D eigenvalue weighted by atomic mass is 9.49. The van der Waals surface area contributed by atoms with Crippen molar-refractivity contribution in [2.45, 2.75) is 50.3 Å². The summed E-state index contributed by atoms with van der Waals surface area (Å²) in [5.41, 5.74) is 0.909. The highest BCUT2D eigenvalue weighted by Crippen LogP contribution is 2.60. The van der Waals surface area contributed by atoms with E-state index in [0.29, 0.717) is 5.91 Å². The van der Waals surface area contributed by atoms with Gasteiger partial charge in [-0.3, -0.25) is 4.79 Å². The quantitative estimate of drug-likeness (QED) is 0.796. The van der Waals surface area contributed by atoms with Crippen LogP contribution in [0.1, 0.15) is 45.4 Å². The van der Waals surface area contributed by atoms with Crippen molar-refractivity contribution in [3.8, 4) is 0 Å². The minimum Gasteiger partial charge on any atom is -0.326 e. The van der Waals surface area contributed by atoms with Crippen molar-refractivity contribution >= 4 is 23.4 Å². The second kappa shape index (κ2) is 5.59. The van der Waals surface area contributed by atoms with E-state index in [0.717, 1.165) is 48.5 Å². The van der Waals surface area contributed by atoms with Gasteiger partial charge in [-0.1, -0.05) is 6.92 Å². The molecule has 1 N–H and O–H groups in total. The molecule has 1 aromatic rings. The topological polar surface area (TPSA) is 29.1 Å². The first kappa shape index (κ1) is 14.6. The molecule has 0 heterocycles. The zero-order valence-electron chi connectivity index (χ0n) is 13.3. The molecule has 4 aliphatic carbocycles. The van der Waals surface area contributed by atoms with Gasteiger partial charge >= 0.3 is 0 Å². The molecule has 4 saturated carbocycles. The molecule has 0 aromatic heterocycles. The SMILES string of the molecule is CCSc1ccc(NC(=O)C23CC4CC(CC(C4)C2)C3)cc1. The summed E-state index contributed by atoms with van der Waals surface area (Å²) in [5, 5.41) is 3.22. The maximum absolute atomic E-state index is 13.0. The molecule has 0 atom stereocenters. The first-order chi connectivity index (χ1) is 10.7. The molecule has 22 heavy (non-hydrogen) atoms. The number of amides is 1. The number of carbonyl (C=O) groups is 1. The summed E-state index contributed by atoms with van der Waals surface area (Å²) in [6, 6.07) is 8.33. The van der Waals surface area contributed by atoms with Gasteiger partial charge < -0.3 is 5.32 Å². The fourth-order valence-corrected chi connectivity index (χ4v) is 6.12.